The fourth-order valence-corrected chi connectivity index (χ4v) is 4.49. The fourth-order valence-electron chi connectivity index (χ4n) is 4.00. The molecule has 0 saturated heterocycles. The van der Waals surface area contributed by atoms with E-state index in [2.05, 4.69) is 5.32 Å². The summed E-state index contributed by atoms with van der Waals surface area (Å²) >= 11 is 12.0. The summed E-state index contributed by atoms with van der Waals surface area (Å²) in [6.07, 6.45) is 0.852. The van der Waals surface area contributed by atoms with Crippen molar-refractivity contribution in [3.63, 3.8) is 0 Å². The van der Waals surface area contributed by atoms with E-state index in [4.69, 9.17) is 33.0 Å². The number of anilines is 2. The Bertz CT molecular complexity index is 1260. The lowest BCUT2D eigenvalue weighted by molar-refractivity contribution is -0.144. The molecule has 0 aromatic heterocycles. The molecule has 180 valence electrons. The zero-order chi connectivity index (χ0) is 24.9. The zero-order valence-corrected chi connectivity index (χ0v) is 20.1. The van der Waals surface area contributed by atoms with Gasteiger partial charge in [0.25, 0.3) is 11.8 Å². The first-order valence-corrected chi connectivity index (χ1v) is 11.7. The van der Waals surface area contributed by atoms with E-state index in [0.717, 1.165) is 5.56 Å². The van der Waals surface area contributed by atoms with Crippen molar-refractivity contribution in [1.29, 1.82) is 0 Å². The second-order valence-corrected chi connectivity index (χ2v) is 8.85. The van der Waals surface area contributed by atoms with Crippen molar-refractivity contribution in [2.24, 2.45) is 0 Å². The number of carbonyl (C=O) groups is 3. The van der Waals surface area contributed by atoms with Crippen LogP contribution in [-0.2, 0) is 9.53 Å². The summed E-state index contributed by atoms with van der Waals surface area (Å²) in [7, 11) is 0. The molecular weight excluding hydrogens is 491 g/mol. The van der Waals surface area contributed by atoms with E-state index in [-0.39, 0.29) is 22.4 Å². The van der Waals surface area contributed by atoms with Crippen molar-refractivity contribution < 1.29 is 24.2 Å². The molecule has 3 aromatic carbocycles. The highest BCUT2D eigenvalue weighted by atomic mass is 35.5. The summed E-state index contributed by atoms with van der Waals surface area (Å²) < 4.78 is 5.59. The van der Waals surface area contributed by atoms with Crippen LogP contribution in [0.15, 0.2) is 66.7 Å². The third-order valence-electron chi connectivity index (χ3n) is 5.64. The normalized spacial score (nSPS) is 15.1. The molecule has 1 atom stereocenters. The number of hydrogen-bond acceptors (Lipinski definition) is 4. The number of carboxylic acids is 1. The van der Waals surface area contributed by atoms with E-state index in [1.807, 2.05) is 24.3 Å². The summed E-state index contributed by atoms with van der Waals surface area (Å²) in [5, 5.41) is 12.4. The lowest BCUT2D eigenvalue weighted by atomic mass is 10.0. The summed E-state index contributed by atoms with van der Waals surface area (Å²) in [4.78, 5) is 38.6. The lowest BCUT2D eigenvalue weighted by Gasteiger charge is -2.24. The molecule has 0 fully saturated rings. The van der Waals surface area contributed by atoms with Gasteiger partial charge in [0.2, 0.25) is 0 Å². The molecular formula is C26H22Cl2N2O5. The molecule has 7 nitrogen and oxygen atoms in total. The number of hydrogen-bond donors (Lipinski definition) is 2. The van der Waals surface area contributed by atoms with Gasteiger partial charge in [-0.2, -0.15) is 0 Å². The fraction of sp³-hybridized carbons (Fsp3) is 0.192. The van der Waals surface area contributed by atoms with E-state index < -0.39 is 18.7 Å². The number of ether oxygens (including phenoxy) is 1. The molecule has 1 aliphatic heterocycles. The van der Waals surface area contributed by atoms with Gasteiger partial charge in [-0.05, 0) is 61.4 Å². The Kier molecular flexibility index (Phi) is 7.70. The molecule has 0 spiro atoms. The molecule has 1 heterocycles. The van der Waals surface area contributed by atoms with Crippen molar-refractivity contribution in [3.8, 4) is 0 Å². The van der Waals surface area contributed by atoms with Crippen LogP contribution in [-0.4, -0.2) is 36.0 Å². The van der Waals surface area contributed by atoms with Gasteiger partial charge in [-0.15, -0.1) is 0 Å². The Morgan fingerprint density at radius 3 is 2.49 bits per heavy atom. The number of rotatable bonds is 6. The first kappa shape index (κ1) is 24.7. The van der Waals surface area contributed by atoms with Crippen LogP contribution in [0.25, 0.3) is 0 Å². The lowest BCUT2D eigenvalue weighted by Crippen LogP contribution is -2.31. The largest absolute Gasteiger partial charge is 0.480 e. The van der Waals surface area contributed by atoms with Gasteiger partial charge in [-0.25, -0.2) is 4.79 Å². The average molecular weight is 513 g/mol. The Morgan fingerprint density at radius 2 is 1.77 bits per heavy atom. The smallest absolute Gasteiger partial charge is 0.329 e. The van der Waals surface area contributed by atoms with Crippen LogP contribution in [0.5, 0.6) is 0 Å². The summed E-state index contributed by atoms with van der Waals surface area (Å²) in [6.45, 7) is 0.0672. The van der Waals surface area contributed by atoms with Gasteiger partial charge < -0.3 is 20.1 Å². The van der Waals surface area contributed by atoms with E-state index in [1.165, 1.54) is 6.07 Å². The first-order valence-electron chi connectivity index (χ1n) is 10.9. The first-order chi connectivity index (χ1) is 16.8. The number of aliphatic carboxylic acids is 1. The molecule has 0 bridgehead atoms. The molecule has 0 saturated carbocycles. The van der Waals surface area contributed by atoms with Crippen molar-refractivity contribution >= 4 is 52.4 Å². The third kappa shape index (κ3) is 5.82. The molecule has 4 rings (SSSR count). The topological polar surface area (TPSA) is 95.9 Å². The third-order valence-corrected chi connectivity index (χ3v) is 6.19. The standard InChI is InChI=1S/C26H22Cl2N2O5/c27-17-9-12-19(21(28)14-17)25(33)29-18-10-7-16(8-11-18)26(34)30-13-3-6-23(35-15-24(31)32)20-4-1-2-5-22(20)30/h1-2,4-5,7-12,14,23H,3,6,13,15H2,(H,29,33)(H,31,32). The highest BCUT2D eigenvalue weighted by Crippen LogP contribution is 2.36. The van der Waals surface area contributed by atoms with Crippen molar-refractivity contribution in [1.82, 2.24) is 0 Å². The predicted molar refractivity (Wildman–Crippen MR) is 135 cm³/mol. The molecule has 35 heavy (non-hydrogen) atoms. The molecule has 2 amide bonds. The number of carbonyl (C=O) groups excluding carboxylic acids is 2. The van der Waals surface area contributed by atoms with E-state index in [0.29, 0.717) is 41.3 Å². The van der Waals surface area contributed by atoms with Crippen LogP contribution in [0.1, 0.15) is 45.2 Å². The second kappa shape index (κ2) is 10.9. The van der Waals surface area contributed by atoms with Gasteiger partial charge in [0, 0.05) is 34.1 Å². The summed E-state index contributed by atoms with van der Waals surface area (Å²) in [5.41, 5.74) is 2.73. The van der Waals surface area contributed by atoms with Gasteiger partial charge in [0.1, 0.15) is 6.61 Å². The second-order valence-electron chi connectivity index (χ2n) is 8.01. The number of nitrogens with one attached hydrogen (secondary N) is 1. The predicted octanol–water partition coefficient (Wildman–Crippen LogP) is 5.83. The zero-order valence-electron chi connectivity index (χ0n) is 18.5. The Hall–Kier alpha value is -3.39. The maximum Gasteiger partial charge on any atom is 0.329 e. The van der Waals surface area contributed by atoms with Crippen LogP contribution in [0, 0.1) is 0 Å². The van der Waals surface area contributed by atoms with Gasteiger partial charge in [-0.1, -0.05) is 41.4 Å². The van der Waals surface area contributed by atoms with Crippen molar-refractivity contribution in [2.45, 2.75) is 18.9 Å². The van der Waals surface area contributed by atoms with Crippen molar-refractivity contribution in [2.75, 3.05) is 23.4 Å². The number of nitrogens with zero attached hydrogens (tertiary/aromatic N) is 1. The number of carboxylic acid groups (broad SMARTS) is 1. The maximum absolute atomic E-state index is 13.4. The molecule has 0 aliphatic carbocycles. The van der Waals surface area contributed by atoms with Gasteiger partial charge >= 0.3 is 5.97 Å². The van der Waals surface area contributed by atoms with E-state index in [9.17, 15) is 14.4 Å². The van der Waals surface area contributed by atoms with Crippen LogP contribution < -0.4 is 10.2 Å². The Morgan fingerprint density at radius 1 is 1.03 bits per heavy atom. The average Bonchev–Trinajstić information content (AvgIpc) is 3.02. The van der Waals surface area contributed by atoms with Gasteiger partial charge in [0.05, 0.1) is 16.7 Å². The number of benzene rings is 3. The minimum Gasteiger partial charge on any atom is -0.480 e. The highest BCUT2D eigenvalue weighted by molar-refractivity contribution is 6.37. The van der Waals surface area contributed by atoms with Crippen LogP contribution in [0.4, 0.5) is 11.4 Å². The summed E-state index contributed by atoms with van der Waals surface area (Å²) in [5.74, 6) is -1.63. The van der Waals surface area contributed by atoms with Gasteiger partial charge in [0.15, 0.2) is 0 Å². The van der Waals surface area contributed by atoms with E-state index >= 15 is 0 Å². The van der Waals surface area contributed by atoms with Crippen LogP contribution >= 0.6 is 23.2 Å². The number of amides is 2. The number of halogens is 2. The molecule has 9 heteroatoms. The highest BCUT2D eigenvalue weighted by Gasteiger charge is 2.28. The quantitative estimate of drug-likeness (QED) is 0.433. The molecule has 3 aromatic rings. The SMILES string of the molecule is O=C(O)COC1CCCN(C(=O)c2ccc(NC(=O)c3ccc(Cl)cc3Cl)cc2)c2ccccc21. The van der Waals surface area contributed by atoms with Crippen LogP contribution in [0.3, 0.4) is 0 Å². The molecule has 1 unspecified atom stereocenters. The number of para-hydroxylation sites is 1. The Labute approximate surface area is 212 Å². The summed E-state index contributed by atoms with van der Waals surface area (Å²) in [6, 6.07) is 18.6. The van der Waals surface area contributed by atoms with Crippen molar-refractivity contribution in [3.05, 3.63) is 93.5 Å². The monoisotopic (exact) mass is 512 g/mol. The number of fused-ring (bicyclic) bond motifs is 1. The minimum absolute atomic E-state index is 0.199. The Balaban J connectivity index is 1.51. The molecule has 1 aliphatic rings. The minimum atomic E-state index is -1.04. The molecule has 0 radical (unpaired) electrons. The van der Waals surface area contributed by atoms with E-state index in [1.54, 1.807) is 41.3 Å². The molecule has 2 N–H and O–H groups in total. The van der Waals surface area contributed by atoms with Gasteiger partial charge in [-0.3, -0.25) is 9.59 Å². The maximum atomic E-state index is 13.4. The van der Waals surface area contributed by atoms with Crippen LogP contribution in [0.2, 0.25) is 10.0 Å².